The number of ketones is 1. The van der Waals surface area contributed by atoms with Gasteiger partial charge in [-0.3, -0.25) is 4.79 Å². The Morgan fingerprint density at radius 1 is 1.41 bits per heavy atom. The van der Waals surface area contributed by atoms with E-state index >= 15 is 0 Å². The van der Waals surface area contributed by atoms with Crippen LogP contribution >= 0.6 is 0 Å². The van der Waals surface area contributed by atoms with Crippen LogP contribution in [0.1, 0.15) is 36.5 Å². The van der Waals surface area contributed by atoms with E-state index in [2.05, 4.69) is 11.8 Å². The summed E-state index contributed by atoms with van der Waals surface area (Å²) in [5.74, 6) is -0.196. The maximum Gasteiger partial charge on any atom is 0.164 e. The number of nitrogens with zero attached hydrogens (tertiary/aromatic N) is 1. The van der Waals surface area contributed by atoms with Gasteiger partial charge in [0.15, 0.2) is 5.78 Å². The van der Waals surface area contributed by atoms with E-state index < -0.39 is 0 Å². The van der Waals surface area contributed by atoms with E-state index in [0.29, 0.717) is 18.0 Å². The highest BCUT2D eigenvalue weighted by Gasteiger charge is 2.20. The molecule has 0 spiro atoms. The van der Waals surface area contributed by atoms with Gasteiger partial charge in [-0.25, -0.2) is 4.39 Å². The van der Waals surface area contributed by atoms with Crippen LogP contribution in [0.2, 0.25) is 0 Å². The zero-order valence-electron chi connectivity index (χ0n) is 10.2. The number of Topliss-reactive ketones (excluding diaryl/α,β-unsaturated/α-hetero) is 1. The first-order chi connectivity index (χ1) is 8.16. The molecule has 2 nitrogen and oxygen atoms in total. The monoisotopic (exact) mass is 235 g/mol. The SMILES string of the molecule is CC1CCCN1CCC(=O)c1ccc(F)cc1. The lowest BCUT2D eigenvalue weighted by Crippen LogP contribution is -2.29. The first-order valence-corrected chi connectivity index (χ1v) is 6.19. The fraction of sp³-hybridized carbons (Fsp3) is 0.500. The zero-order chi connectivity index (χ0) is 12.3. The first-order valence-electron chi connectivity index (χ1n) is 6.19. The van der Waals surface area contributed by atoms with Crippen LogP contribution in [0.5, 0.6) is 0 Å². The van der Waals surface area contributed by atoms with E-state index in [1.54, 1.807) is 12.1 Å². The molecule has 1 heterocycles. The largest absolute Gasteiger partial charge is 0.300 e. The Morgan fingerprint density at radius 3 is 2.71 bits per heavy atom. The third kappa shape index (κ3) is 3.13. The third-order valence-corrected chi connectivity index (χ3v) is 3.48. The van der Waals surface area contributed by atoms with Crippen molar-refractivity contribution in [1.29, 1.82) is 0 Å². The molecule has 1 aromatic carbocycles. The van der Waals surface area contributed by atoms with E-state index in [4.69, 9.17) is 0 Å². The van der Waals surface area contributed by atoms with Crippen LogP contribution in [0.4, 0.5) is 4.39 Å². The highest BCUT2D eigenvalue weighted by Crippen LogP contribution is 2.17. The molecule has 1 atom stereocenters. The molecule has 17 heavy (non-hydrogen) atoms. The molecule has 0 N–H and O–H groups in total. The Bertz CT molecular complexity index is 388. The Labute approximate surface area is 101 Å². The highest BCUT2D eigenvalue weighted by atomic mass is 19.1. The minimum absolute atomic E-state index is 0.101. The van der Waals surface area contributed by atoms with E-state index in [9.17, 15) is 9.18 Å². The topological polar surface area (TPSA) is 20.3 Å². The maximum absolute atomic E-state index is 12.7. The minimum atomic E-state index is -0.297. The predicted octanol–water partition coefficient (Wildman–Crippen LogP) is 2.88. The molecule has 0 aliphatic carbocycles. The molecule has 1 aliphatic heterocycles. The molecule has 0 radical (unpaired) electrons. The van der Waals surface area contributed by atoms with Crippen molar-refractivity contribution in [3.05, 3.63) is 35.6 Å². The minimum Gasteiger partial charge on any atom is -0.300 e. The molecule has 1 fully saturated rings. The third-order valence-electron chi connectivity index (χ3n) is 3.48. The summed E-state index contributed by atoms with van der Waals surface area (Å²) < 4.78 is 12.7. The molecular weight excluding hydrogens is 217 g/mol. The molecule has 3 heteroatoms. The average molecular weight is 235 g/mol. The lowest BCUT2D eigenvalue weighted by molar-refractivity contribution is 0.0963. The van der Waals surface area contributed by atoms with Crippen LogP contribution in [-0.2, 0) is 0 Å². The fourth-order valence-electron chi connectivity index (χ4n) is 2.35. The number of benzene rings is 1. The smallest absolute Gasteiger partial charge is 0.164 e. The number of rotatable bonds is 4. The summed E-state index contributed by atoms with van der Waals surface area (Å²) in [5, 5.41) is 0. The number of hydrogen-bond acceptors (Lipinski definition) is 2. The molecule has 1 unspecified atom stereocenters. The Hall–Kier alpha value is -1.22. The predicted molar refractivity (Wildman–Crippen MR) is 65.6 cm³/mol. The van der Waals surface area contributed by atoms with Crippen molar-refractivity contribution in [1.82, 2.24) is 4.90 Å². The Morgan fingerprint density at radius 2 is 2.12 bits per heavy atom. The molecule has 0 bridgehead atoms. The van der Waals surface area contributed by atoms with Crippen molar-refractivity contribution in [3.8, 4) is 0 Å². The van der Waals surface area contributed by atoms with Crippen molar-refractivity contribution in [2.24, 2.45) is 0 Å². The van der Waals surface area contributed by atoms with Crippen molar-refractivity contribution < 1.29 is 9.18 Å². The van der Waals surface area contributed by atoms with Gasteiger partial charge in [-0.2, -0.15) is 0 Å². The molecule has 1 saturated heterocycles. The van der Waals surface area contributed by atoms with Gasteiger partial charge in [0.25, 0.3) is 0 Å². The molecule has 2 rings (SSSR count). The second-order valence-electron chi connectivity index (χ2n) is 4.71. The molecule has 0 amide bonds. The molecule has 0 aromatic heterocycles. The normalized spacial score (nSPS) is 20.7. The van der Waals surface area contributed by atoms with Gasteiger partial charge < -0.3 is 4.90 Å². The van der Waals surface area contributed by atoms with E-state index in [-0.39, 0.29) is 11.6 Å². The van der Waals surface area contributed by atoms with Gasteiger partial charge in [0.05, 0.1) is 0 Å². The van der Waals surface area contributed by atoms with Crippen molar-refractivity contribution >= 4 is 5.78 Å². The van der Waals surface area contributed by atoms with Crippen LogP contribution in [0.15, 0.2) is 24.3 Å². The van der Waals surface area contributed by atoms with Crippen molar-refractivity contribution in [2.45, 2.75) is 32.2 Å². The Kier molecular flexibility index (Phi) is 3.89. The van der Waals surface area contributed by atoms with Gasteiger partial charge in [0.2, 0.25) is 0 Å². The maximum atomic E-state index is 12.7. The van der Waals surface area contributed by atoms with Gasteiger partial charge >= 0.3 is 0 Å². The van der Waals surface area contributed by atoms with E-state index in [1.165, 1.54) is 25.0 Å². The number of halogens is 1. The number of carbonyl (C=O) groups is 1. The lowest BCUT2D eigenvalue weighted by Gasteiger charge is -2.20. The number of likely N-dealkylation sites (tertiary alicyclic amines) is 1. The molecule has 1 aliphatic rings. The van der Waals surface area contributed by atoms with Gasteiger partial charge in [0.1, 0.15) is 5.82 Å². The molecular formula is C14H18FNO. The number of hydrogen-bond donors (Lipinski definition) is 0. The van der Waals surface area contributed by atoms with Gasteiger partial charge in [0, 0.05) is 24.6 Å². The quantitative estimate of drug-likeness (QED) is 0.748. The van der Waals surface area contributed by atoms with Crippen LogP contribution in [0, 0.1) is 5.82 Å². The summed E-state index contributed by atoms with van der Waals surface area (Å²) in [4.78, 5) is 14.2. The van der Waals surface area contributed by atoms with Crippen molar-refractivity contribution in [2.75, 3.05) is 13.1 Å². The molecule has 0 saturated carbocycles. The summed E-state index contributed by atoms with van der Waals surface area (Å²) in [7, 11) is 0. The summed E-state index contributed by atoms with van der Waals surface area (Å²) in [6.07, 6.45) is 2.98. The second kappa shape index (κ2) is 5.41. The standard InChI is InChI=1S/C14H18FNO/c1-11-3-2-9-16(11)10-8-14(17)12-4-6-13(15)7-5-12/h4-7,11H,2-3,8-10H2,1H3. The van der Waals surface area contributed by atoms with Crippen molar-refractivity contribution in [3.63, 3.8) is 0 Å². The first kappa shape index (κ1) is 12.2. The van der Waals surface area contributed by atoms with E-state index in [0.717, 1.165) is 13.1 Å². The Balaban J connectivity index is 1.87. The lowest BCUT2D eigenvalue weighted by atomic mass is 10.1. The average Bonchev–Trinajstić information content (AvgIpc) is 2.73. The van der Waals surface area contributed by atoms with Gasteiger partial charge in [-0.15, -0.1) is 0 Å². The van der Waals surface area contributed by atoms with Crippen LogP contribution < -0.4 is 0 Å². The molecule has 92 valence electrons. The second-order valence-corrected chi connectivity index (χ2v) is 4.71. The fourth-order valence-corrected chi connectivity index (χ4v) is 2.35. The summed E-state index contributed by atoms with van der Waals surface area (Å²) in [5.41, 5.74) is 0.609. The van der Waals surface area contributed by atoms with Crippen LogP contribution in [-0.4, -0.2) is 29.8 Å². The van der Waals surface area contributed by atoms with Gasteiger partial charge in [-0.1, -0.05) is 0 Å². The van der Waals surface area contributed by atoms with Crippen LogP contribution in [0.25, 0.3) is 0 Å². The van der Waals surface area contributed by atoms with Gasteiger partial charge in [-0.05, 0) is 50.6 Å². The summed E-state index contributed by atoms with van der Waals surface area (Å²) in [6, 6.07) is 6.39. The summed E-state index contributed by atoms with van der Waals surface area (Å²) in [6.45, 7) is 4.12. The zero-order valence-corrected chi connectivity index (χ0v) is 10.2. The van der Waals surface area contributed by atoms with E-state index in [1.807, 2.05) is 0 Å². The summed E-state index contributed by atoms with van der Waals surface area (Å²) >= 11 is 0. The number of carbonyl (C=O) groups excluding carboxylic acids is 1. The van der Waals surface area contributed by atoms with Crippen LogP contribution in [0.3, 0.4) is 0 Å². The molecule has 1 aromatic rings. The highest BCUT2D eigenvalue weighted by molar-refractivity contribution is 5.96.